The van der Waals surface area contributed by atoms with Crippen LogP contribution in [0.3, 0.4) is 0 Å². The monoisotopic (exact) mass is 373 g/mol. The number of hydrogen-bond donors (Lipinski definition) is 0. The molecule has 3 rings (SSSR count). The van der Waals surface area contributed by atoms with Crippen LogP contribution in [-0.4, -0.2) is 22.7 Å². The largest absolute Gasteiger partial charge is 0.497 e. The number of aromatic nitrogens is 2. The van der Waals surface area contributed by atoms with Crippen LogP contribution in [0.1, 0.15) is 24.1 Å². The van der Waals surface area contributed by atoms with E-state index in [1.54, 1.807) is 44.4 Å². The zero-order valence-electron chi connectivity index (χ0n) is 15.6. The molecule has 1 aromatic heterocycles. The highest BCUT2D eigenvalue weighted by molar-refractivity contribution is 5.84. The highest BCUT2D eigenvalue weighted by Gasteiger charge is 2.18. The first-order valence-corrected chi connectivity index (χ1v) is 8.78. The van der Waals surface area contributed by atoms with Crippen molar-refractivity contribution in [3.8, 4) is 23.1 Å². The van der Waals surface area contributed by atoms with Crippen LogP contribution in [0, 0.1) is 11.3 Å². The number of ketones is 1. The zero-order valence-corrected chi connectivity index (χ0v) is 15.6. The van der Waals surface area contributed by atoms with E-state index < -0.39 is 6.04 Å². The number of nitriles is 1. The van der Waals surface area contributed by atoms with E-state index in [4.69, 9.17) is 10.00 Å². The van der Waals surface area contributed by atoms with Crippen molar-refractivity contribution >= 4 is 5.78 Å². The van der Waals surface area contributed by atoms with Gasteiger partial charge in [-0.25, -0.2) is 4.68 Å². The molecule has 0 fully saturated rings. The summed E-state index contributed by atoms with van der Waals surface area (Å²) >= 11 is 0. The van der Waals surface area contributed by atoms with E-state index in [9.17, 15) is 9.59 Å². The van der Waals surface area contributed by atoms with Crippen molar-refractivity contribution in [2.24, 2.45) is 0 Å². The third-order valence-electron chi connectivity index (χ3n) is 4.46. The van der Waals surface area contributed by atoms with Crippen molar-refractivity contribution < 1.29 is 9.53 Å². The SMILES string of the molecule is COc1cccc(-c2ccc(=O)n(C(C)C(=O)Cc3cccc(C#N)c3)n2)c1. The molecule has 0 N–H and O–H groups in total. The minimum absolute atomic E-state index is 0.119. The van der Waals surface area contributed by atoms with Gasteiger partial charge in [0.25, 0.3) is 5.56 Å². The van der Waals surface area contributed by atoms with E-state index in [2.05, 4.69) is 11.2 Å². The predicted molar refractivity (Wildman–Crippen MR) is 105 cm³/mol. The summed E-state index contributed by atoms with van der Waals surface area (Å²) in [6.45, 7) is 1.65. The van der Waals surface area contributed by atoms with Gasteiger partial charge in [-0.05, 0) is 42.8 Å². The second-order valence-electron chi connectivity index (χ2n) is 6.36. The van der Waals surface area contributed by atoms with Crippen LogP contribution in [0.2, 0.25) is 0 Å². The van der Waals surface area contributed by atoms with Crippen molar-refractivity contribution in [2.45, 2.75) is 19.4 Å². The Morgan fingerprint density at radius 2 is 1.96 bits per heavy atom. The number of ether oxygens (including phenoxy) is 1. The van der Waals surface area contributed by atoms with Crippen LogP contribution in [0.25, 0.3) is 11.3 Å². The summed E-state index contributed by atoms with van der Waals surface area (Å²) in [6.07, 6.45) is 0.119. The number of nitrogens with zero attached hydrogens (tertiary/aromatic N) is 3. The predicted octanol–water partition coefficient (Wildman–Crippen LogP) is 3.16. The third kappa shape index (κ3) is 4.15. The van der Waals surface area contributed by atoms with E-state index in [1.165, 1.54) is 10.7 Å². The zero-order chi connectivity index (χ0) is 20.1. The maximum Gasteiger partial charge on any atom is 0.267 e. The first-order chi connectivity index (χ1) is 13.5. The Kier molecular flexibility index (Phi) is 5.66. The molecule has 0 aliphatic carbocycles. The summed E-state index contributed by atoms with van der Waals surface area (Å²) in [5, 5.41) is 13.4. The average molecular weight is 373 g/mol. The minimum atomic E-state index is -0.733. The van der Waals surface area contributed by atoms with Crippen LogP contribution in [-0.2, 0) is 11.2 Å². The molecule has 0 spiro atoms. The summed E-state index contributed by atoms with van der Waals surface area (Å²) in [5.41, 5.74) is 2.23. The molecule has 140 valence electrons. The highest BCUT2D eigenvalue weighted by Crippen LogP contribution is 2.21. The Labute approximate surface area is 162 Å². The minimum Gasteiger partial charge on any atom is -0.497 e. The molecular weight excluding hydrogens is 354 g/mol. The van der Waals surface area contributed by atoms with E-state index in [-0.39, 0.29) is 17.8 Å². The Hall–Kier alpha value is -3.72. The average Bonchev–Trinajstić information content (AvgIpc) is 2.73. The standard InChI is InChI=1S/C22H19N3O3/c1-15(21(26)12-16-5-3-6-17(11-16)14-23)25-22(27)10-9-20(24-25)18-7-4-8-19(13-18)28-2/h3-11,13,15H,12H2,1-2H3. The summed E-state index contributed by atoms with van der Waals surface area (Å²) in [7, 11) is 1.58. The van der Waals surface area contributed by atoms with Crippen LogP contribution in [0.15, 0.2) is 65.5 Å². The second kappa shape index (κ2) is 8.31. The van der Waals surface area contributed by atoms with Gasteiger partial charge >= 0.3 is 0 Å². The summed E-state index contributed by atoms with van der Waals surface area (Å²) in [5.74, 6) is 0.519. The molecule has 0 saturated carbocycles. The van der Waals surface area contributed by atoms with Crippen LogP contribution < -0.4 is 10.3 Å². The number of hydrogen-bond acceptors (Lipinski definition) is 5. The fraction of sp³-hybridized carbons (Fsp3) is 0.182. The lowest BCUT2D eigenvalue weighted by Gasteiger charge is -2.14. The normalized spacial score (nSPS) is 11.5. The first-order valence-electron chi connectivity index (χ1n) is 8.78. The van der Waals surface area contributed by atoms with Crippen molar-refractivity contribution in [1.29, 1.82) is 5.26 Å². The van der Waals surface area contributed by atoms with Gasteiger partial charge in [-0.15, -0.1) is 0 Å². The topological polar surface area (TPSA) is 85.0 Å². The van der Waals surface area contributed by atoms with Gasteiger partial charge < -0.3 is 4.74 Å². The lowest BCUT2D eigenvalue weighted by molar-refractivity contribution is -0.121. The van der Waals surface area contributed by atoms with Gasteiger partial charge in [0.15, 0.2) is 5.78 Å². The molecule has 28 heavy (non-hydrogen) atoms. The van der Waals surface area contributed by atoms with E-state index in [1.807, 2.05) is 24.3 Å². The summed E-state index contributed by atoms with van der Waals surface area (Å²) in [6, 6.07) is 18.6. The molecule has 3 aromatic rings. The third-order valence-corrected chi connectivity index (χ3v) is 4.46. The number of carbonyl (C=O) groups excluding carboxylic acids is 1. The number of Topliss-reactive ketones (excluding diaryl/α,β-unsaturated/α-hetero) is 1. The van der Waals surface area contributed by atoms with Gasteiger partial charge in [0.05, 0.1) is 24.4 Å². The molecule has 6 heteroatoms. The summed E-state index contributed by atoms with van der Waals surface area (Å²) < 4.78 is 6.43. The van der Waals surface area contributed by atoms with Crippen molar-refractivity contribution in [1.82, 2.24) is 9.78 Å². The molecule has 0 bridgehead atoms. The Bertz CT molecular complexity index is 1110. The molecule has 0 aliphatic rings. The van der Waals surface area contributed by atoms with Gasteiger partial charge in [0, 0.05) is 18.1 Å². The van der Waals surface area contributed by atoms with Crippen molar-refractivity contribution in [3.63, 3.8) is 0 Å². The lowest BCUT2D eigenvalue weighted by Crippen LogP contribution is -2.30. The van der Waals surface area contributed by atoms with E-state index in [0.717, 1.165) is 11.1 Å². The molecule has 1 atom stereocenters. The van der Waals surface area contributed by atoms with Crippen molar-refractivity contribution in [2.75, 3.05) is 7.11 Å². The second-order valence-corrected chi connectivity index (χ2v) is 6.36. The molecule has 0 radical (unpaired) electrons. The molecule has 1 heterocycles. The number of benzene rings is 2. The number of carbonyl (C=O) groups is 1. The fourth-order valence-electron chi connectivity index (χ4n) is 2.88. The first kappa shape index (κ1) is 19.1. The van der Waals surface area contributed by atoms with Crippen LogP contribution in [0.4, 0.5) is 0 Å². The van der Waals surface area contributed by atoms with E-state index in [0.29, 0.717) is 17.0 Å². The van der Waals surface area contributed by atoms with Crippen molar-refractivity contribution in [3.05, 3.63) is 82.1 Å². The Balaban J connectivity index is 1.88. The van der Waals surface area contributed by atoms with Gasteiger partial charge in [0.2, 0.25) is 0 Å². The van der Waals surface area contributed by atoms with Gasteiger partial charge in [-0.1, -0.05) is 24.3 Å². The highest BCUT2D eigenvalue weighted by atomic mass is 16.5. The molecule has 2 aromatic carbocycles. The fourth-order valence-corrected chi connectivity index (χ4v) is 2.88. The lowest BCUT2D eigenvalue weighted by atomic mass is 10.0. The maximum atomic E-state index is 12.7. The Morgan fingerprint density at radius 3 is 2.71 bits per heavy atom. The smallest absolute Gasteiger partial charge is 0.267 e. The Morgan fingerprint density at radius 1 is 1.18 bits per heavy atom. The van der Waals surface area contributed by atoms with Gasteiger partial charge in [-0.2, -0.15) is 10.4 Å². The molecular formula is C22H19N3O3. The van der Waals surface area contributed by atoms with Crippen LogP contribution >= 0.6 is 0 Å². The van der Waals surface area contributed by atoms with Gasteiger partial charge in [0.1, 0.15) is 11.8 Å². The van der Waals surface area contributed by atoms with Gasteiger partial charge in [-0.3, -0.25) is 9.59 Å². The molecule has 0 aliphatic heterocycles. The molecule has 6 nitrogen and oxygen atoms in total. The number of methoxy groups -OCH3 is 1. The molecule has 1 unspecified atom stereocenters. The quantitative estimate of drug-likeness (QED) is 0.663. The maximum absolute atomic E-state index is 12.7. The summed E-state index contributed by atoms with van der Waals surface area (Å²) in [4.78, 5) is 25.0. The molecule has 0 saturated heterocycles. The van der Waals surface area contributed by atoms with E-state index >= 15 is 0 Å². The van der Waals surface area contributed by atoms with Crippen LogP contribution in [0.5, 0.6) is 5.75 Å². The molecule has 0 amide bonds. The number of rotatable bonds is 6.